The van der Waals surface area contributed by atoms with Gasteiger partial charge in [-0.2, -0.15) is 11.8 Å². The summed E-state index contributed by atoms with van der Waals surface area (Å²) in [7, 11) is 0. The molecule has 2 amide bonds. The van der Waals surface area contributed by atoms with E-state index in [4.69, 9.17) is 0 Å². The SMILES string of the molecule is CC(C)CN1CCNC(=O)[C@@H]1CC(=O)N1CCC(N2CCSCC2)CC1. The molecule has 148 valence electrons. The van der Waals surface area contributed by atoms with Gasteiger partial charge in [0.2, 0.25) is 11.8 Å². The molecule has 6 nitrogen and oxygen atoms in total. The first kappa shape index (κ1) is 20.0. The highest BCUT2D eigenvalue weighted by atomic mass is 32.2. The first-order chi connectivity index (χ1) is 12.5. The van der Waals surface area contributed by atoms with Gasteiger partial charge in [0.05, 0.1) is 12.5 Å². The monoisotopic (exact) mass is 382 g/mol. The molecule has 0 aliphatic carbocycles. The Balaban J connectivity index is 1.50. The van der Waals surface area contributed by atoms with Crippen LogP contribution < -0.4 is 5.32 Å². The highest BCUT2D eigenvalue weighted by Gasteiger charge is 2.34. The number of hydrogen-bond acceptors (Lipinski definition) is 5. The van der Waals surface area contributed by atoms with Gasteiger partial charge in [0.25, 0.3) is 0 Å². The molecule has 3 saturated heterocycles. The predicted molar refractivity (Wildman–Crippen MR) is 106 cm³/mol. The summed E-state index contributed by atoms with van der Waals surface area (Å²) < 4.78 is 0. The summed E-state index contributed by atoms with van der Waals surface area (Å²) in [6, 6.07) is 0.339. The van der Waals surface area contributed by atoms with Gasteiger partial charge < -0.3 is 10.2 Å². The minimum Gasteiger partial charge on any atom is -0.353 e. The van der Waals surface area contributed by atoms with Crippen molar-refractivity contribution in [2.75, 3.05) is 57.3 Å². The third-order valence-corrected chi connectivity index (χ3v) is 6.73. The molecule has 0 spiro atoms. The van der Waals surface area contributed by atoms with Crippen molar-refractivity contribution in [1.82, 2.24) is 20.0 Å². The van der Waals surface area contributed by atoms with E-state index in [9.17, 15) is 9.59 Å². The molecule has 3 fully saturated rings. The zero-order valence-corrected chi connectivity index (χ0v) is 17.1. The molecule has 1 N–H and O–H groups in total. The highest BCUT2D eigenvalue weighted by molar-refractivity contribution is 7.99. The zero-order valence-electron chi connectivity index (χ0n) is 16.3. The molecular formula is C19H34N4O2S. The number of likely N-dealkylation sites (tertiary alicyclic amines) is 1. The van der Waals surface area contributed by atoms with Gasteiger partial charge in [-0.1, -0.05) is 13.8 Å². The van der Waals surface area contributed by atoms with E-state index in [0.29, 0.717) is 24.9 Å². The van der Waals surface area contributed by atoms with E-state index in [-0.39, 0.29) is 17.9 Å². The Kier molecular flexibility index (Phi) is 7.23. The van der Waals surface area contributed by atoms with Crippen LogP contribution in [-0.4, -0.2) is 95.9 Å². The van der Waals surface area contributed by atoms with Gasteiger partial charge in [0, 0.05) is 63.4 Å². The summed E-state index contributed by atoms with van der Waals surface area (Å²) in [5.74, 6) is 3.14. The van der Waals surface area contributed by atoms with E-state index in [1.807, 2.05) is 16.7 Å². The van der Waals surface area contributed by atoms with E-state index < -0.39 is 0 Å². The second-order valence-corrected chi connectivity index (χ2v) is 9.38. The van der Waals surface area contributed by atoms with Gasteiger partial charge in [-0.25, -0.2) is 0 Å². The number of nitrogens with one attached hydrogen (secondary N) is 1. The van der Waals surface area contributed by atoms with Crippen molar-refractivity contribution < 1.29 is 9.59 Å². The third-order valence-electron chi connectivity index (χ3n) is 5.79. The van der Waals surface area contributed by atoms with Crippen molar-refractivity contribution in [2.24, 2.45) is 5.92 Å². The van der Waals surface area contributed by atoms with Crippen LogP contribution in [0, 0.1) is 5.92 Å². The maximum atomic E-state index is 12.8. The molecule has 0 radical (unpaired) electrons. The van der Waals surface area contributed by atoms with E-state index in [1.165, 1.54) is 24.6 Å². The van der Waals surface area contributed by atoms with E-state index in [0.717, 1.165) is 39.0 Å². The average Bonchev–Trinajstić information content (AvgIpc) is 2.65. The first-order valence-electron chi connectivity index (χ1n) is 10.2. The number of carbonyl (C=O) groups is 2. The Bertz CT molecular complexity index is 488. The van der Waals surface area contributed by atoms with Crippen LogP contribution in [0.15, 0.2) is 0 Å². The first-order valence-corrected chi connectivity index (χ1v) is 11.3. The van der Waals surface area contributed by atoms with Crippen LogP contribution in [0.1, 0.15) is 33.1 Å². The Hall–Kier alpha value is -0.790. The Labute approximate surface area is 162 Å². The lowest BCUT2D eigenvalue weighted by Crippen LogP contribution is -2.58. The summed E-state index contributed by atoms with van der Waals surface area (Å²) in [5, 5.41) is 2.93. The van der Waals surface area contributed by atoms with Crippen molar-refractivity contribution in [1.29, 1.82) is 0 Å². The van der Waals surface area contributed by atoms with Gasteiger partial charge in [-0.15, -0.1) is 0 Å². The summed E-state index contributed by atoms with van der Waals surface area (Å²) >= 11 is 2.04. The highest BCUT2D eigenvalue weighted by Crippen LogP contribution is 2.22. The molecule has 3 aliphatic heterocycles. The normalized spacial score (nSPS) is 27.0. The maximum Gasteiger partial charge on any atom is 0.237 e. The van der Waals surface area contributed by atoms with Crippen LogP contribution >= 0.6 is 11.8 Å². The molecule has 0 aromatic heterocycles. The van der Waals surface area contributed by atoms with Crippen molar-refractivity contribution in [2.45, 2.75) is 45.2 Å². The van der Waals surface area contributed by atoms with Crippen LogP contribution in [0.5, 0.6) is 0 Å². The average molecular weight is 383 g/mol. The quantitative estimate of drug-likeness (QED) is 0.765. The van der Waals surface area contributed by atoms with E-state index in [1.54, 1.807) is 0 Å². The minimum atomic E-state index is -0.296. The third kappa shape index (κ3) is 5.14. The summed E-state index contributed by atoms with van der Waals surface area (Å²) in [5.41, 5.74) is 0. The lowest BCUT2D eigenvalue weighted by atomic mass is 10.0. The second kappa shape index (κ2) is 9.42. The fourth-order valence-electron chi connectivity index (χ4n) is 4.39. The largest absolute Gasteiger partial charge is 0.353 e. The van der Waals surface area contributed by atoms with E-state index >= 15 is 0 Å². The minimum absolute atomic E-state index is 0.0194. The number of amides is 2. The van der Waals surface area contributed by atoms with Gasteiger partial charge in [-0.3, -0.25) is 19.4 Å². The van der Waals surface area contributed by atoms with Crippen LogP contribution in [0.4, 0.5) is 0 Å². The number of piperidine rings is 1. The van der Waals surface area contributed by atoms with Crippen LogP contribution in [0.2, 0.25) is 0 Å². The molecule has 0 bridgehead atoms. The second-order valence-electron chi connectivity index (χ2n) is 8.16. The molecule has 3 heterocycles. The smallest absolute Gasteiger partial charge is 0.237 e. The van der Waals surface area contributed by atoms with Gasteiger partial charge in [-0.05, 0) is 18.8 Å². The van der Waals surface area contributed by atoms with Crippen LogP contribution in [-0.2, 0) is 9.59 Å². The number of nitrogens with zero attached hydrogens (tertiary/aromatic N) is 3. The standard InChI is InChI=1S/C19H34N4O2S/c1-15(2)14-23-8-5-20-19(25)17(23)13-18(24)22-6-3-16(4-7-22)21-9-11-26-12-10-21/h15-17H,3-14H2,1-2H3,(H,20,25)/t17-/m0/s1. The Morgan fingerprint density at radius 3 is 2.50 bits per heavy atom. The molecule has 1 atom stereocenters. The topological polar surface area (TPSA) is 55.9 Å². The van der Waals surface area contributed by atoms with Crippen molar-refractivity contribution in [3.8, 4) is 0 Å². The molecule has 3 rings (SSSR count). The molecular weight excluding hydrogens is 348 g/mol. The van der Waals surface area contributed by atoms with Gasteiger partial charge in [0.15, 0.2) is 0 Å². The summed E-state index contributed by atoms with van der Waals surface area (Å²) in [6.45, 7) is 10.8. The summed E-state index contributed by atoms with van der Waals surface area (Å²) in [6.07, 6.45) is 2.47. The molecule has 26 heavy (non-hydrogen) atoms. The molecule has 0 aromatic carbocycles. The number of hydrogen-bond donors (Lipinski definition) is 1. The van der Waals surface area contributed by atoms with E-state index in [2.05, 4.69) is 29.0 Å². The van der Waals surface area contributed by atoms with Crippen LogP contribution in [0.3, 0.4) is 0 Å². The zero-order chi connectivity index (χ0) is 18.5. The lowest BCUT2D eigenvalue weighted by Gasteiger charge is -2.41. The number of carbonyl (C=O) groups excluding carboxylic acids is 2. The predicted octanol–water partition coefficient (Wildman–Crippen LogP) is 0.873. The molecule has 3 aliphatic rings. The van der Waals surface area contributed by atoms with Gasteiger partial charge in [0.1, 0.15) is 0 Å². The number of rotatable bonds is 5. The summed E-state index contributed by atoms with van der Waals surface area (Å²) in [4.78, 5) is 32.0. The van der Waals surface area contributed by atoms with Crippen molar-refractivity contribution in [3.05, 3.63) is 0 Å². The fourth-order valence-corrected chi connectivity index (χ4v) is 5.32. The lowest BCUT2D eigenvalue weighted by molar-refractivity contribution is -0.140. The van der Waals surface area contributed by atoms with Crippen molar-refractivity contribution >= 4 is 23.6 Å². The maximum absolute atomic E-state index is 12.8. The fraction of sp³-hybridized carbons (Fsp3) is 0.895. The molecule has 0 unspecified atom stereocenters. The van der Waals surface area contributed by atoms with Crippen LogP contribution in [0.25, 0.3) is 0 Å². The number of thioether (sulfide) groups is 1. The van der Waals surface area contributed by atoms with Crippen molar-refractivity contribution in [3.63, 3.8) is 0 Å². The van der Waals surface area contributed by atoms with Gasteiger partial charge >= 0.3 is 0 Å². The Morgan fingerprint density at radius 1 is 1.15 bits per heavy atom. The molecule has 0 saturated carbocycles. The Morgan fingerprint density at radius 2 is 1.85 bits per heavy atom. The number of piperazine rings is 1. The molecule has 7 heteroatoms. The molecule has 0 aromatic rings.